The lowest BCUT2D eigenvalue weighted by molar-refractivity contribution is -0.126. The molecule has 0 radical (unpaired) electrons. The Kier molecular flexibility index (Phi) is 3.62. The second-order valence-electron chi connectivity index (χ2n) is 4.51. The summed E-state index contributed by atoms with van der Waals surface area (Å²) in [5.41, 5.74) is 1.12. The number of piperidine rings is 1. The molecule has 1 aliphatic rings. The van der Waals surface area contributed by atoms with Crippen LogP contribution in [0.15, 0.2) is 18.5 Å². The fourth-order valence-electron chi connectivity index (χ4n) is 2.17. The third-order valence-electron chi connectivity index (χ3n) is 3.12. The number of hydrogen-bond donors (Lipinski definition) is 3. The molecular weight excluding hydrogens is 202 g/mol. The molecule has 0 spiro atoms. The number of rotatable bonds is 3. The lowest BCUT2D eigenvalue weighted by atomic mass is 9.92. The highest BCUT2D eigenvalue weighted by atomic mass is 16.1. The van der Waals surface area contributed by atoms with Crippen LogP contribution in [-0.2, 0) is 11.3 Å². The minimum absolute atomic E-state index is 0.176. The molecule has 2 unspecified atom stereocenters. The third kappa shape index (κ3) is 2.85. The number of H-pyrrole nitrogens is 1. The SMILES string of the molecule is CC1CC(C(=O)NCc2cc[nH]c2)CCN1. The molecule has 0 aliphatic carbocycles. The van der Waals surface area contributed by atoms with Crippen LogP contribution >= 0.6 is 0 Å². The van der Waals surface area contributed by atoms with Crippen molar-refractivity contribution >= 4 is 5.91 Å². The number of aromatic amines is 1. The Hall–Kier alpha value is -1.29. The summed E-state index contributed by atoms with van der Waals surface area (Å²) in [5, 5.41) is 6.34. The average molecular weight is 221 g/mol. The number of carbonyl (C=O) groups excluding carboxylic acids is 1. The fraction of sp³-hybridized carbons (Fsp3) is 0.583. The van der Waals surface area contributed by atoms with Gasteiger partial charge in [0.15, 0.2) is 0 Å². The van der Waals surface area contributed by atoms with Crippen molar-refractivity contribution in [3.8, 4) is 0 Å². The molecule has 1 aromatic rings. The van der Waals surface area contributed by atoms with Gasteiger partial charge in [0, 0.05) is 30.9 Å². The molecule has 1 amide bonds. The molecule has 16 heavy (non-hydrogen) atoms. The molecule has 4 nitrogen and oxygen atoms in total. The third-order valence-corrected chi connectivity index (χ3v) is 3.12. The Balaban J connectivity index is 1.79. The second kappa shape index (κ2) is 5.16. The Morgan fingerprint density at radius 2 is 2.50 bits per heavy atom. The predicted molar refractivity (Wildman–Crippen MR) is 62.8 cm³/mol. The molecule has 0 aromatic carbocycles. The van der Waals surface area contributed by atoms with E-state index in [1.54, 1.807) is 0 Å². The molecule has 2 rings (SSSR count). The van der Waals surface area contributed by atoms with E-state index in [0.29, 0.717) is 12.6 Å². The molecule has 1 aliphatic heterocycles. The van der Waals surface area contributed by atoms with Crippen molar-refractivity contribution in [1.29, 1.82) is 0 Å². The van der Waals surface area contributed by atoms with Crippen LogP contribution in [0.4, 0.5) is 0 Å². The molecule has 3 N–H and O–H groups in total. The van der Waals surface area contributed by atoms with Crippen LogP contribution in [0.3, 0.4) is 0 Å². The van der Waals surface area contributed by atoms with E-state index in [2.05, 4.69) is 22.5 Å². The maximum Gasteiger partial charge on any atom is 0.223 e. The van der Waals surface area contributed by atoms with Gasteiger partial charge in [-0.1, -0.05) is 0 Å². The van der Waals surface area contributed by atoms with Gasteiger partial charge < -0.3 is 15.6 Å². The van der Waals surface area contributed by atoms with Crippen molar-refractivity contribution in [3.05, 3.63) is 24.0 Å². The van der Waals surface area contributed by atoms with Crippen LogP contribution in [0.2, 0.25) is 0 Å². The minimum atomic E-state index is 0.176. The highest BCUT2D eigenvalue weighted by Gasteiger charge is 2.24. The summed E-state index contributed by atoms with van der Waals surface area (Å²) in [5.74, 6) is 0.366. The largest absolute Gasteiger partial charge is 0.367 e. The van der Waals surface area contributed by atoms with Gasteiger partial charge in [-0.05, 0) is 37.9 Å². The van der Waals surface area contributed by atoms with Crippen molar-refractivity contribution in [1.82, 2.24) is 15.6 Å². The first-order chi connectivity index (χ1) is 7.75. The first-order valence-electron chi connectivity index (χ1n) is 5.88. The van der Waals surface area contributed by atoms with Gasteiger partial charge in [-0.2, -0.15) is 0 Å². The molecular formula is C12H19N3O. The Morgan fingerprint density at radius 1 is 1.62 bits per heavy atom. The van der Waals surface area contributed by atoms with Gasteiger partial charge in [0.05, 0.1) is 0 Å². The Morgan fingerprint density at radius 3 is 3.19 bits per heavy atom. The first-order valence-corrected chi connectivity index (χ1v) is 5.88. The lowest BCUT2D eigenvalue weighted by Gasteiger charge is -2.27. The Labute approximate surface area is 95.8 Å². The monoisotopic (exact) mass is 221 g/mol. The first kappa shape index (κ1) is 11.2. The summed E-state index contributed by atoms with van der Waals surface area (Å²) in [4.78, 5) is 14.9. The van der Waals surface area contributed by atoms with E-state index in [0.717, 1.165) is 24.9 Å². The maximum absolute atomic E-state index is 11.9. The highest BCUT2D eigenvalue weighted by Crippen LogP contribution is 2.16. The zero-order valence-corrected chi connectivity index (χ0v) is 9.62. The number of aromatic nitrogens is 1. The van der Waals surface area contributed by atoms with E-state index in [1.165, 1.54) is 0 Å². The van der Waals surface area contributed by atoms with Crippen LogP contribution in [0.1, 0.15) is 25.3 Å². The van der Waals surface area contributed by atoms with E-state index in [9.17, 15) is 4.79 Å². The van der Waals surface area contributed by atoms with Crippen molar-refractivity contribution in [2.45, 2.75) is 32.4 Å². The molecule has 1 saturated heterocycles. The van der Waals surface area contributed by atoms with E-state index in [-0.39, 0.29) is 11.8 Å². The number of carbonyl (C=O) groups is 1. The second-order valence-corrected chi connectivity index (χ2v) is 4.51. The van der Waals surface area contributed by atoms with Crippen LogP contribution in [0.25, 0.3) is 0 Å². The van der Waals surface area contributed by atoms with Crippen LogP contribution < -0.4 is 10.6 Å². The lowest BCUT2D eigenvalue weighted by Crippen LogP contribution is -2.42. The molecule has 0 bridgehead atoms. The molecule has 4 heteroatoms. The standard InChI is InChI=1S/C12H19N3O/c1-9-6-11(3-5-14-9)12(16)15-8-10-2-4-13-7-10/h2,4,7,9,11,13-14H,3,5-6,8H2,1H3,(H,15,16). The minimum Gasteiger partial charge on any atom is -0.367 e. The zero-order chi connectivity index (χ0) is 11.4. The molecule has 2 heterocycles. The van der Waals surface area contributed by atoms with Crippen molar-refractivity contribution < 1.29 is 4.79 Å². The summed E-state index contributed by atoms with van der Waals surface area (Å²) < 4.78 is 0. The van der Waals surface area contributed by atoms with Crippen molar-refractivity contribution in [3.63, 3.8) is 0 Å². The quantitative estimate of drug-likeness (QED) is 0.713. The smallest absolute Gasteiger partial charge is 0.223 e. The van der Waals surface area contributed by atoms with Gasteiger partial charge in [0.2, 0.25) is 5.91 Å². The van der Waals surface area contributed by atoms with Crippen LogP contribution in [-0.4, -0.2) is 23.5 Å². The zero-order valence-electron chi connectivity index (χ0n) is 9.62. The summed E-state index contributed by atoms with van der Waals surface area (Å²) in [6.45, 7) is 3.70. The van der Waals surface area contributed by atoms with Crippen molar-refractivity contribution in [2.75, 3.05) is 6.54 Å². The summed E-state index contributed by atoms with van der Waals surface area (Å²) in [7, 11) is 0. The summed E-state index contributed by atoms with van der Waals surface area (Å²) >= 11 is 0. The van der Waals surface area contributed by atoms with Gasteiger partial charge >= 0.3 is 0 Å². The molecule has 1 aromatic heterocycles. The summed E-state index contributed by atoms with van der Waals surface area (Å²) in [6.07, 6.45) is 5.67. The summed E-state index contributed by atoms with van der Waals surface area (Å²) in [6, 6.07) is 2.43. The van der Waals surface area contributed by atoms with E-state index >= 15 is 0 Å². The van der Waals surface area contributed by atoms with Gasteiger partial charge in [0.25, 0.3) is 0 Å². The van der Waals surface area contributed by atoms with Gasteiger partial charge in [-0.25, -0.2) is 0 Å². The van der Waals surface area contributed by atoms with Gasteiger partial charge in [0.1, 0.15) is 0 Å². The van der Waals surface area contributed by atoms with E-state index in [4.69, 9.17) is 0 Å². The van der Waals surface area contributed by atoms with Gasteiger partial charge in [-0.15, -0.1) is 0 Å². The van der Waals surface area contributed by atoms with E-state index < -0.39 is 0 Å². The highest BCUT2D eigenvalue weighted by molar-refractivity contribution is 5.78. The fourth-order valence-corrected chi connectivity index (χ4v) is 2.17. The van der Waals surface area contributed by atoms with Crippen molar-refractivity contribution in [2.24, 2.45) is 5.92 Å². The van der Waals surface area contributed by atoms with Crippen LogP contribution in [0.5, 0.6) is 0 Å². The molecule has 0 saturated carbocycles. The van der Waals surface area contributed by atoms with Crippen LogP contribution in [0, 0.1) is 5.92 Å². The maximum atomic E-state index is 11.9. The van der Waals surface area contributed by atoms with Gasteiger partial charge in [-0.3, -0.25) is 4.79 Å². The number of nitrogens with one attached hydrogen (secondary N) is 3. The molecule has 2 atom stereocenters. The molecule has 1 fully saturated rings. The Bertz CT molecular complexity index is 334. The average Bonchev–Trinajstić information content (AvgIpc) is 2.78. The molecule has 88 valence electrons. The predicted octanol–water partition coefficient (Wildman–Crippen LogP) is 1.02. The number of amides is 1. The topological polar surface area (TPSA) is 56.9 Å². The normalized spacial score (nSPS) is 25.3. The number of hydrogen-bond acceptors (Lipinski definition) is 2. The van der Waals surface area contributed by atoms with E-state index in [1.807, 2.05) is 18.5 Å².